The van der Waals surface area contributed by atoms with Gasteiger partial charge in [0.1, 0.15) is 12.4 Å². The van der Waals surface area contributed by atoms with Gasteiger partial charge in [-0.15, -0.1) is 0 Å². The number of hydrazine groups is 1. The molecule has 0 aliphatic heterocycles. The van der Waals surface area contributed by atoms with Gasteiger partial charge in [-0.25, -0.2) is 10.8 Å². The highest BCUT2D eigenvalue weighted by Crippen LogP contribution is 2.35. The monoisotopic (exact) mass is 328 g/mol. The van der Waals surface area contributed by atoms with Crippen LogP contribution in [0.5, 0.6) is 5.75 Å². The van der Waals surface area contributed by atoms with E-state index >= 15 is 0 Å². The fraction of sp³-hybridized carbons (Fsp3) is 0.0833. The molecule has 1 aromatic carbocycles. The number of nitrogen functional groups attached to an aromatic ring is 1. The number of benzene rings is 1. The molecule has 0 spiro atoms. The molecule has 0 unspecified atom stereocenters. The summed E-state index contributed by atoms with van der Waals surface area (Å²) < 4.78 is 5.41. The van der Waals surface area contributed by atoms with Gasteiger partial charge in [0.15, 0.2) is 0 Å². The lowest BCUT2D eigenvalue weighted by atomic mass is 10.3. The number of hydrogen-bond donors (Lipinski definition) is 2. The predicted molar refractivity (Wildman–Crippen MR) is 79.5 cm³/mol. The van der Waals surface area contributed by atoms with Gasteiger partial charge in [-0.3, -0.25) is 10.1 Å². The molecule has 0 radical (unpaired) electrons. The number of nitrogens with two attached hydrogens (primary N) is 1. The first kappa shape index (κ1) is 15.3. The number of pyridine rings is 1. The molecular weight excluding hydrogens is 319 g/mol. The van der Waals surface area contributed by atoms with Crippen LogP contribution < -0.4 is 16.0 Å². The third-order valence-electron chi connectivity index (χ3n) is 2.56. The first-order valence-electron chi connectivity index (χ1n) is 5.70. The smallest absolute Gasteiger partial charge is 0.312 e. The Bertz CT molecular complexity index is 682. The number of para-hydroxylation sites is 1. The van der Waals surface area contributed by atoms with Crippen LogP contribution in [0.2, 0.25) is 10.0 Å². The maximum atomic E-state index is 11.0. The molecule has 1 aromatic heterocycles. The molecule has 1 heterocycles. The van der Waals surface area contributed by atoms with Crippen LogP contribution in [0.25, 0.3) is 0 Å². The zero-order valence-electron chi connectivity index (χ0n) is 10.5. The second-order valence-corrected chi connectivity index (χ2v) is 4.72. The number of halogens is 2. The first-order chi connectivity index (χ1) is 10.0. The highest BCUT2D eigenvalue weighted by Gasteiger charge is 2.19. The lowest BCUT2D eigenvalue weighted by Gasteiger charge is -2.10. The minimum absolute atomic E-state index is 0.0341. The van der Waals surface area contributed by atoms with Crippen molar-refractivity contribution in [3.05, 3.63) is 56.2 Å². The van der Waals surface area contributed by atoms with Crippen molar-refractivity contribution in [3.63, 3.8) is 0 Å². The Balaban J connectivity index is 2.26. The van der Waals surface area contributed by atoms with Crippen LogP contribution in [-0.2, 0) is 6.61 Å². The second-order valence-electron chi connectivity index (χ2n) is 3.90. The van der Waals surface area contributed by atoms with Gasteiger partial charge in [-0.05, 0) is 18.2 Å². The molecule has 2 aromatic rings. The molecule has 0 bridgehead atoms. The average molecular weight is 329 g/mol. The van der Waals surface area contributed by atoms with E-state index in [0.29, 0.717) is 16.5 Å². The summed E-state index contributed by atoms with van der Waals surface area (Å²) in [6.07, 6.45) is 0. The van der Waals surface area contributed by atoms with E-state index < -0.39 is 4.92 Å². The van der Waals surface area contributed by atoms with E-state index in [4.69, 9.17) is 33.8 Å². The topological polar surface area (TPSA) is 103 Å². The normalized spacial score (nSPS) is 10.2. The number of nitrogens with zero attached hydrogens (tertiary/aromatic N) is 2. The molecule has 9 heteroatoms. The molecular formula is C12H10Cl2N4O3. The maximum absolute atomic E-state index is 11.0. The third kappa shape index (κ3) is 3.52. The molecule has 110 valence electrons. The number of ether oxygens (including phenoxy) is 1. The molecule has 0 saturated carbocycles. The van der Waals surface area contributed by atoms with Gasteiger partial charge in [0, 0.05) is 6.07 Å². The van der Waals surface area contributed by atoms with Crippen LogP contribution >= 0.6 is 23.2 Å². The summed E-state index contributed by atoms with van der Waals surface area (Å²) in [5.41, 5.74) is 2.52. The van der Waals surface area contributed by atoms with E-state index in [9.17, 15) is 10.1 Å². The SMILES string of the molecule is NNc1ccc(Cl)c(COc2c(Cl)cccc2[N+](=O)[O-])n1. The number of aromatic nitrogens is 1. The molecule has 0 atom stereocenters. The van der Waals surface area contributed by atoms with Crippen LogP contribution in [0, 0.1) is 10.1 Å². The lowest BCUT2D eigenvalue weighted by Crippen LogP contribution is -2.10. The summed E-state index contributed by atoms with van der Waals surface area (Å²) >= 11 is 11.9. The minimum atomic E-state index is -0.575. The van der Waals surface area contributed by atoms with E-state index in [0.717, 1.165) is 0 Å². The summed E-state index contributed by atoms with van der Waals surface area (Å²) in [5.74, 6) is 5.62. The Morgan fingerprint density at radius 2 is 2.05 bits per heavy atom. The molecule has 0 amide bonds. The van der Waals surface area contributed by atoms with Crippen LogP contribution in [0.4, 0.5) is 11.5 Å². The number of nitrogens with one attached hydrogen (secondary N) is 1. The Labute approximate surface area is 129 Å². The van der Waals surface area contributed by atoms with Crippen LogP contribution in [0.15, 0.2) is 30.3 Å². The highest BCUT2D eigenvalue weighted by atomic mass is 35.5. The van der Waals surface area contributed by atoms with Crippen LogP contribution in [-0.4, -0.2) is 9.91 Å². The van der Waals surface area contributed by atoms with E-state index in [1.165, 1.54) is 18.2 Å². The Kier molecular flexibility index (Phi) is 4.79. The summed E-state index contributed by atoms with van der Waals surface area (Å²) in [7, 11) is 0. The van der Waals surface area contributed by atoms with Crippen molar-refractivity contribution >= 4 is 34.7 Å². The average Bonchev–Trinajstić information content (AvgIpc) is 2.47. The summed E-state index contributed by atoms with van der Waals surface area (Å²) in [4.78, 5) is 14.5. The van der Waals surface area contributed by atoms with Gasteiger partial charge in [-0.2, -0.15) is 0 Å². The van der Waals surface area contributed by atoms with Crippen molar-refractivity contribution in [1.82, 2.24) is 4.98 Å². The van der Waals surface area contributed by atoms with Crippen molar-refractivity contribution in [3.8, 4) is 5.75 Å². The van der Waals surface area contributed by atoms with Gasteiger partial charge in [0.05, 0.1) is 20.7 Å². The van der Waals surface area contributed by atoms with Crippen molar-refractivity contribution in [1.29, 1.82) is 0 Å². The van der Waals surface area contributed by atoms with E-state index in [1.54, 1.807) is 12.1 Å². The maximum Gasteiger partial charge on any atom is 0.312 e. The molecule has 3 N–H and O–H groups in total. The lowest BCUT2D eigenvalue weighted by molar-refractivity contribution is -0.385. The number of nitro groups is 1. The van der Waals surface area contributed by atoms with Gasteiger partial charge in [0.2, 0.25) is 5.75 Å². The highest BCUT2D eigenvalue weighted by molar-refractivity contribution is 6.32. The zero-order valence-corrected chi connectivity index (χ0v) is 12.1. The van der Waals surface area contributed by atoms with E-state index in [2.05, 4.69) is 10.4 Å². The summed E-state index contributed by atoms with van der Waals surface area (Å²) in [6.45, 7) is -0.0844. The van der Waals surface area contributed by atoms with Gasteiger partial charge < -0.3 is 10.2 Å². The van der Waals surface area contributed by atoms with Crippen LogP contribution in [0.3, 0.4) is 0 Å². The molecule has 2 rings (SSSR count). The fourth-order valence-corrected chi connectivity index (χ4v) is 1.97. The molecule has 0 fully saturated rings. The fourth-order valence-electron chi connectivity index (χ4n) is 1.59. The summed E-state index contributed by atoms with van der Waals surface area (Å²) in [6, 6.07) is 7.44. The van der Waals surface area contributed by atoms with Crippen molar-refractivity contribution in [2.75, 3.05) is 5.43 Å². The molecule has 21 heavy (non-hydrogen) atoms. The van der Waals surface area contributed by atoms with Gasteiger partial charge in [-0.1, -0.05) is 29.3 Å². The largest absolute Gasteiger partial charge is 0.479 e. The Morgan fingerprint density at radius 1 is 1.29 bits per heavy atom. The molecule has 0 aliphatic rings. The van der Waals surface area contributed by atoms with Crippen molar-refractivity contribution in [2.45, 2.75) is 6.61 Å². The molecule has 0 saturated heterocycles. The second kappa shape index (κ2) is 6.57. The Hall–Kier alpha value is -2.09. The van der Waals surface area contributed by atoms with Crippen molar-refractivity contribution in [2.24, 2.45) is 5.84 Å². The quantitative estimate of drug-likeness (QED) is 0.496. The van der Waals surface area contributed by atoms with Gasteiger partial charge >= 0.3 is 5.69 Å². The Morgan fingerprint density at radius 3 is 2.71 bits per heavy atom. The number of nitro benzene ring substituents is 1. The van der Waals surface area contributed by atoms with Crippen molar-refractivity contribution < 1.29 is 9.66 Å². The minimum Gasteiger partial charge on any atom is -0.479 e. The number of hydrogen-bond acceptors (Lipinski definition) is 6. The zero-order chi connectivity index (χ0) is 15.4. The molecule has 7 nitrogen and oxygen atoms in total. The number of anilines is 1. The van der Waals surface area contributed by atoms with Gasteiger partial charge in [0.25, 0.3) is 0 Å². The van der Waals surface area contributed by atoms with E-state index in [-0.39, 0.29) is 23.1 Å². The third-order valence-corrected chi connectivity index (χ3v) is 3.20. The predicted octanol–water partition coefficient (Wildman–Crippen LogP) is 3.16. The first-order valence-corrected chi connectivity index (χ1v) is 6.46. The van der Waals surface area contributed by atoms with E-state index in [1.807, 2.05) is 0 Å². The number of rotatable bonds is 5. The molecule has 0 aliphatic carbocycles. The standard InChI is InChI=1S/C12H10Cl2N4O3/c13-7-4-5-11(17-15)16-9(7)6-21-12-8(14)2-1-3-10(12)18(19)20/h1-5H,6,15H2,(H,16,17). The van der Waals surface area contributed by atoms with Crippen LogP contribution in [0.1, 0.15) is 5.69 Å². The summed E-state index contributed by atoms with van der Waals surface area (Å²) in [5, 5.41) is 11.4.